The highest BCUT2D eigenvalue weighted by Crippen LogP contribution is 2.35. The number of hydrogen-bond acceptors (Lipinski definition) is 9. The van der Waals surface area contributed by atoms with Gasteiger partial charge >= 0.3 is 11.9 Å². The van der Waals surface area contributed by atoms with Crippen molar-refractivity contribution < 1.29 is 43.9 Å². The molecule has 9 nitrogen and oxygen atoms in total. The molecule has 1 saturated heterocycles. The van der Waals surface area contributed by atoms with E-state index in [9.17, 15) is 24.9 Å². The first-order valence-electron chi connectivity index (χ1n) is 15.8. The van der Waals surface area contributed by atoms with Gasteiger partial charge in [0.2, 0.25) is 0 Å². The number of aliphatic hydroxyl groups excluding tert-OH is 3. The van der Waals surface area contributed by atoms with Gasteiger partial charge in [0.1, 0.15) is 23.9 Å². The van der Waals surface area contributed by atoms with Crippen LogP contribution in [0.15, 0.2) is 58.7 Å². The lowest BCUT2D eigenvalue weighted by atomic mass is 9.88. The molecule has 0 spiro atoms. The van der Waals surface area contributed by atoms with Crippen molar-refractivity contribution in [3.63, 3.8) is 0 Å². The molecule has 0 unspecified atom stereocenters. The molecule has 9 heteroatoms. The van der Waals surface area contributed by atoms with E-state index in [0.29, 0.717) is 31.3 Å². The van der Waals surface area contributed by atoms with Gasteiger partial charge in [0.25, 0.3) is 0 Å². The van der Waals surface area contributed by atoms with Gasteiger partial charge in [0.15, 0.2) is 12.4 Å². The summed E-state index contributed by atoms with van der Waals surface area (Å²) in [6.45, 7) is 16.5. The van der Waals surface area contributed by atoms with E-state index in [4.69, 9.17) is 18.9 Å². The minimum absolute atomic E-state index is 0.123. The number of ether oxygens (including phenoxy) is 4. The van der Waals surface area contributed by atoms with Gasteiger partial charge in [-0.3, -0.25) is 4.79 Å². The molecule has 8 atom stereocenters. The van der Waals surface area contributed by atoms with Crippen LogP contribution in [-0.4, -0.2) is 75.8 Å². The third-order valence-electron chi connectivity index (χ3n) is 8.23. The molecular weight excluding hydrogens is 564 g/mol. The van der Waals surface area contributed by atoms with Gasteiger partial charge < -0.3 is 34.3 Å². The predicted molar refractivity (Wildman–Crippen MR) is 169 cm³/mol. The van der Waals surface area contributed by atoms with Crippen molar-refractivity contribution in [2.24, 2.45) is 5.92 Å². The standard InChI is InChI=1S/C35H54O9/c1-10-25-20-23(6)27(36)16-14-13-15-22(5)33(40)41-26(11-2)18-17-21(4)19-24(7)31(25)43-34-30(39)29(38)32(35(8,9)44-34)42-28(37)12-3/h13-15,17,19-20,25-27,29-32,34,36,38-39H,10-12,16,18H2,1-9H3/b14-13+,21-17+,22-15+,23-20+,24-19+/t25-,26+,27-,29+,30-,31-,32-,34+/m0/s1. The molecule has 2 aliphatic heterocycles. The molecule has 44 heavy (non-hydrogen) atoms. The Bertz CT molecular complexity index is 1130. The average Bonchev–Trinajstić information content (AvgIpc) is 2.98. The summed E-state index contributed by atoms with van der Waals surface area (Å²) in [5.74, 6) is -1.10. The second kappa shape index (κ2) is 17.2. The summed E-state index contributed by atoms with van der Waals surface area (Å²) in [6.07, 6.45) is 6.69. The van der Waals surface area contributed by atoms with Crippen LogP contribution in [0.3, 0.4) is 0 Å². The molecule has 248 valence electrons. The number of esters is 2. The molecule has 2 rings (SSSR count). The van der Waals surface area contributed by atoms with Crippen LogP contribution in [-0.2, 0) is 28.5 Å². The second-order valence-corrected chi connectivity index (χ2v) is 12.4. The SMILES string of the molecule is CCC(=O)O[C@H]1[C@H](O)[C@H](O)[C@H](O[C@H]2/C(C)=C/C(C)=C/C[C@@H](CC)OC(=O)/C(C)=C/C=C/C[C@H](O)/C(C)=C/[C@@H]2CC)OC1(C)C. The lowest BCUT2D eigenvalue weighted by Gasteiger charge is -2.47. The zero-order valence-corrected chi connectivity index (χ0v) is 27.9. The van der Waals surface area contributed by atoms with Crippen molar-refractivity contribution in [2.75, 3.05) is 0 Å². The van der Waals surface area contributed by atoms with Crippen molar-refractivity contribution in [1.29, 1.82) is 0 Å². The number of cyclic esters (lactones) is 1. The number of rotatable bonds is 6. The molecule has 0 aromatic rings. The minimum Gasteiger partial charge on any atom is -0.459 e. The van der Waals surface area contributed by atoms with Crippen LogP contribution in [0.1, 0.15) is 94.4 Å². The molecular formula is C35H54O9. The number of hydrogen-bond donors (Lipinski definition) is 3. The van der Waals surface area contributed by atoms with Gasteiger partial charge in [-0.1, -0.05) is 62.8 Å². The topological polar surface area (TPSA) is 132 Å². The summed E-state index contributed by atoms with van der Waals surface area (Å²) in [7, 11) is 0. The van der Waals surface area contributed by atoms with E-state index in [-0.39, 0.29) is 24.4 Å². The molecule has 0 aromatic heterocycles. The lowest BCUT2D eigenvalue weighted by Crippen LogP contribution is -2.64. The van der Waals surface area contributed by atoms with Gasteiger partial charge in [-0.15, -0.1) is 0 Å². The van der Waals surface area contributed by atoms with E-state index in [1.54, 1.807) is 39.8 Å². The maximum atomic E-state index is 12.6. The number of allylic oxidation sites excluding steroid dienone is 4. The van der Waals surface area contributed by atoms with E-state index in [1.807, 2.05) is 58.9 Å². The highest BCUT2D eigenvalue weighted by Gasteiger charge is 2.52. The van der Waals surface area contributed by atoms with E-state index >= 15 is 0 Å². The third kappa shape index (κ3) is 10.5. The van der Waals surface area contributed by atoms with E-state index in [2.05, 4.69) is 0 Å². The Balaban J connectivity index is 2.52. The van der Waals surface area contributed by atoms with Crippen LogP contribution in [0.4, 0.5) is 0 Å². The van der Waals surface area contributed by atoms with Crippen molar-refractivity contribution in [3.8, 4) is 0 Å². The summed E-state index contributed by atoms with van der Waals surface area (Å²) in [5, 5.41) is 33.0. The molecule has 0 aliphatic carbocycles. The first-order valence-corrected chi connectivity index (χ1v) is 15.8. The van der Waals surface area contributed by atoms with Crippen LogP contribution in [0.2, 0.25) is 0 Å². The molecule has 2 heterocycles. The fourth-order valence-corrected chi connectivity index (χ4v) is 5.32. The van der Waals surface area contributed by atoms with E-state index < -0.39 is 48.4 Å². The Kier molecular flexibility index (Phi) is 14.7. The van der Waals surface area contributed by atoms with Crippen LogP contribution >= 0.6 is 0 Å². The predicted octanol–water partition coefficient (Wildman–Crippen LogP) is 5.39. The van der Waals surface area contributed by atoms with Crippen LogP contribution < -0.4 is 0 Å². The van der Waals surface area contributed by atoms with Gasteiger partial charge in [-0.05, 0) is 72.0 Å². The van der Waals surface area contributed by atoms with Crippen molar-refractivity contribution >= 4 is 11.9 Å². The normalized spacial score (nSPS) is 38.1. The van der Waals surface area contributed by atoms with Gasteiger partial charge in [0, 0.05) is 24.3 Å². The fraction of sp³-hybridized carbons (Fsp3) is 0.657. The Labute approximate surface area is 263 Å². The first-order chi connectivity index (χ1) is 20.6. The Morgan fingerprint density at radius 3 is 2.30 bits per heavy atom. The lowest BCUT2D eigenvalue weighted by molar-refractivity contribution is -0.333. The zero-order chi connectivity index (χ0) is 33.2. The summed E-state index contributed by atoms with van der Waals surface area (Å²) >= 11 is 0. The van der Waals surface area contributed by atoms with E-state index in [0.717, 1.165) is 16.7 Å². The minimum atomic E-state index is -1.48. The molecule has 0 saturated carbocycles. The molecule has 1 fully saturated rings. The Morgan fingerprint density at radius 2 is 1.68 bits per heavy atom. The summed E-state index contributed by atoms with van der Waals surface area (Å²) in [4.78, 5) is 24.6. The van der Waals surface area contributed by atoms with Crippen molar-refractivity contribution in [3.05, 3.63) is 58.7 Å². The van der Waals surface area contributed by atoms with Crippen LogP contribution in [0.25, 0.3) is 0 Å². The van der Waals surface area contributed by atoms with Gasteiger partial charge in [-0.25, -0.2) is 4.79 Å². The van der Waals surface area contributed by atoms with Gasteiger partial charge in [0.05, 0.1) is 12.2 Å². The molecule has 0 bridgehead atoms. The third-order valence-corrected chi connectivity index (χ3v) is 8.23. The summed E-state index contributed by atoms with van der Waals surface area (Å²) in [6, 6.07) is 0. The summed E-state index contributed by atoms with van der Waals surface area (Å²) in [5.41, 5.74) is 1.87. The maximum absolute atomic E-state index is 12.6. The quantitative estimate of drug-likeness (QED) is 0.265. The molecule has 0 radical (unpaired) electrons. The molecule has 0 amide bonds. The van der Waals surface area contributed by atoms with Crippen LogP contribution in [0.5, 0.6) is 0 Å². The van der Waals surface area contributed by atoms with Gasteiger partial charge in [-0.2, -0.15) is 0 Å². The monoisotopic (exact) mass is 618 g/mol. The van der Waals surface area contributed by atoms with Crippen LogP contribution in [0, 0.1) is 5.92 Å². The summed E-state index contributed by atoms with van der Waals surface area (Å²) < 4.78 is 23.8. The molecule has 3 N–H and O–H groups in total. The first kappa shape index (κ1) is 37.6. The number of carbonyl (C=O) groups excluding carboxylic acids is 2. The second-order valence-electron chi connectivity index (χ2n) is 12.4. The number of aliphatic hydroxyl groups is 3. The Morgan fingerprint density at radius 1 is 1.00 bits per heavy atom. The maximum Gasteiger partial charge on any atom is 0.333 e. The number of carbonyl (C=O) groups is 2. The van der Waals surface area contributed by atoms with Crippen molar-refractivity contribution in [1.82, 2.24) is 0 Å². The average molecular weight is 619 g/mol. The largest absolute Gasteiger partial charge is 0.459 e. The highest BCUT2D eigenvalue weighted by molar-refractivity contribution is 5.88. The molecule has 0 aromatic carbocycles. The Hall–Kier alpha value is -2.56. The smallest absolute Gasteiger partial charge is 0.333 e. The fourth-order valence-electron chi connectivity index (χ4n) is 5.32. The van der Waals surface area contributed by atoms with E-state index in [1.165, 1.54) is 0 Å². The van der Waals surface area contributed by atoms with Crippen molar-refractivity contribution in [2.45, 2.75) is 143 Å². The highest BCUT2D eigenvalue weighted by atomic mass is 16.7. The molecule has 2 aliphatic rings. The zero-order valence-electron chi connectivity index (χ0n) is 27.9.